The van der Waals surface area contributed by atoms with Crippen LogP contribution in [0, 0.1) is 0 Å². The Kier molecular flexibility index (Phi) is 7.51. The van der Waals surface area contributed by atoms with Gasteiger partial charge in [0.05, 0.1) is 33.2 Å². The highest BCUT2D eigenvalue weighted by atomic mass is 15.1. The maximum Gasteiger partial charge on any atom is 0.0755 e. The summed E-state index contributed by atoms with van der Waals surface area (Å²) in [5.41, 5.74) is 26.8. The second-order valence-corrected chi connectivity index (χ2v) is 19.4. The van der Waals surface area contributed by atoms with Crippen LogP contribution in [0.4, 0.5) is 17.1 Å². The monoisotopic (exact) mass is 886 g/mol. The van der Waals surface area contributed by atoms with Gasteiger partial charge in [0.15, 0.2) is 0 Å². The van der Waals surface area contributed by atoms with Gasteiger partial charge >= 0.3 is 0 Å². The van der Waals surface area contributed by atoms with Gasteiger partial charge in [-0.2, -0.15) is 0 Å². The number of fused-ring (bicyclic) bond motifs is 22. The lowest BCUT2D eigenvalue weighted by Gasteiger charge is -2.39. The fourth-order valence-electron chi connectivity index (χ4n) is 13.9. The molecule has 0 bridgehead atoms. The fourth-order valence-corrected chi connectivity index (χ4v) is 13.9. The van der Waals surface area contributed by atoms with Gasteiger partial charge in [-0.3, -0.25) is 0 Å². The minimum absolute atomic E-state index is 0.476. The average molecular weight is 887 g/mol. The number of hydrogen-bond acceptors (Lipinski definition) is 1. The molecule has 0 fully saturated rings. The zero-order valence-corrected chi connectivity index (χ0v) is 38.1. The van der Waals surface area contributed by atoms with E-state index in [1.165, 1.54) is 117 Å². The van der Waals surface area contributed by atoms with Gasteiger partial charge in [-0.15, -0.1) is 0 Å². The van der Waals surface area contributed by atoms with Crippen LogP contribution in [0.5, 0.6) is 0 Å². The average Bonchev–Trinajstić information content (AvgIpc) is 4.13. The zero-order chi connectivity index (χ0) is 45.7. The highest BCUT2D eigenvalue weighted by molar-refractivity contribution is 6.13. The van der Waals surface area contributed by atoms with Crippen molar-refractivity contribution in [3.05, 3.63) is 299 Å². The molecule has 1 unspecified atom stereocenters. The van der Waals surface area contributed by atoms with Gasteiger partial charge in [-0.05, 0) is 126 Å². The van der Waals surface area contributed by atoms with E-state index in [0.717, 1.165) is 17.1 Å². The summed E-state index contributed by atoms with van der Waals surface area (Å²) in [6.45, 7) is 0. The summed E-state index contributed by atoms with van der Waals surface area (Å²) in [7, 11) is 0. The van der Waals surface area contributed by atoms with Gasteiger partial charge in [0.25, 0.3) is 0 Å². The number of para-hydroxylation sites is 3. The fraction of sp³-hybridized carbons (Fsp3) is 0.0294. The van der Waals surface area contributed by atoms with Gasteiger partial charge in [0, 0.05) is 27.7 Å². The van der Waals surface area contributed by atoms with Crippen LogP contribution < -0.4 is 4.90 Å². The van der Waals surface area contributed by atoms with Crippen molar-refractivity contribution >= 4 is 38.9 Å². The van der Waals surface area contributed by atoms with Crippen molar-refractivity contribution in [2.24, 2.45) is 0 Å². The van der Waals surface area contributed by atoms with E-state index < -0.39 is 10.8 Å². The number of rotatable bonds is 4. The van der Waals surface area contributed by atoms with Gasteiger partial charge in [-0.25, -0.2) is 0 Å². The Labute approximate surface area is 406 Å². The maximum absolute atomic E-state index is 2.56. The molecule has 16 rings (SSSR count). The first kappa shape index (κ1) is 38.0. The number of nitrogens with zero attached hydrogens (tertiary/aromatic N) is 2. The molecule has 324 valence electrons. The Bertz CT molecular complexity index is 4130. The van der Waals surface area contributed by atoms with Gasteiger partial charge in [-0.1, -0.05) is 212 Å². The summed E-state index contributed by atoms with van der Waals surface area (Å²) >= 11 is 0. The summed E-state index contributed by atoms with van der Waals surface area (Å²) in [4.78, 5) is 2.56. The molecule has 11 aromatic carbocycles. The third kappa shape index (κ3) is 4.59. The predicted molar refractivity (Wildman–Crippen MR) is 288 cm³/mol. The van der Waals surface area contributed by atoms with Crippen LogP contribution in [0.1, 0.15) is 44.5 Å². The van der Waals surface area contributed by atoms with Crippen LogP contribution in [-0.2, 0) is 10.8 Å². The van der Waals surface area contributed by atoms with Crippen molar-refractivity contribution in [3.63, 3.8) is 0 Å². The summed E-state index contributed by atoms with van der Waals surface area (Å²) in [6.07, 6.45) is 0. The first-order valence-corrected chi connectivity index (χ1v) is 24.5. The van der Waals surface area contributed by atoms with E-state index in [2.05, 4.69) is 264 Å². The molecule has 0 amide bonds. The number of anilines is 3. The Morgan fingerprint density at radius 3 is 1.50 bits per heavy atom. The molecule has 12 aromatic rings. The summed E-state index contributed by atoms with van der Waals surface area (Å²) in [6, 6.07) is 96.1. The first-order valence-electron chi connectivity index (χ1n) is 24.5. The van der Waals surface area contributed by atoms with Gasteiger partial charge in [0.2, 0.25) is 0 Å². The molecule has 1 atom stereocenters. The van der Waals surface area contributed by atoms with E-state index in [4.69, 9.17) is 0 Å². The largest absolute Gasteiger partial charge is 0.310 e. The molecule has 0 saturated carbocycles. The molecule has 3 aliphatic carbocycles. The molecule has 1 aliphatic heterocycles. The Morgan fingerprint density at radius 2 is 0.786 bits per heavy atom. The Hall–Kier alpha value is -8.98. The van der Waals surface area contributed by atoms with Crippen molar-refractivity contribution in [2.45, 2.75) is 10.8 Å². The molecule has 2 nitrogen and oxygen atoms in total. The SMILES string of the molecule is c1ccc(-c2ccc(N(c3ccc4c(c3)C3(c5ccccc5-c5ccccc53)c3ccccc3-4)c3cccc4c3-c3ccccc3C43c4ccccc4-n4c5ccccc5c5cccc3c54)cc2)cc1. The predicted octanol–water partition coefficient (Wildman–Crippen LogP) is 16.9. The quantitative estimate of drug-likeness (QED) is 0.171. The third-order valence-electron chi connectivity index (χ3n) is 16.4. The van der Waals surface area contributed by atoms with E-state index in [9.17, 15) is 0 Å². The molecular weight excluding hydrogens is 845 g/mol. The van der Waals surface area contributed by atoms with Crippen LogP contribution in [0.3, 0.4) is 0 Å². The van der Waals surface area contributed by atoms with Crippen LogP contribution in [0.25, 0.3) is 72.0 Å². The Balaban J connectivity index is 0.996. The third-order valence-corrected chi connectivity index (χ3v) is 16.4. The Morgan fingerprint density at radius 1 is 0.300 bits per heavy atom. The smallest absolute Gasteiger partial charge is 0.0755 e. The second kappa shape index (κ2) is 13.8. The topological polar surface area (TPSA) is 8.17 Å². The minimum Gasteiger partial charge on any atom is -0.310 e. The molecule has 70 heavy (non-hydrogen) atoms. The summed E-state index contributed by atoms with van der Waals surface area (Å²) in [5.74, 6) is 0. The van der Waals surface area contributed by atoms with E-state index in [-0.39, 0.29) is 0 Å². The second-order valence-electron chi connectivity index (χ2n) is 19.4. The van der Waals surface area contributed by atoms with Crippen LogP contribution in [0.2, 0.25) is 0 Å². The summed E-state index contributed by atoms with van der Waals surface area (Å²) < 4.78 is 2.53. The lowest BCUT2D eigenvalue weighted by atomic mass is 9.65. The first-order chi connectivity index (χ1) is 34.8. The van der Waals surface area contributed by atoms with Crippen molar-refractivity contribution in [2.75, 3.05) is 4.90 Å². The number of hydrogen-bond donors (Lipinski definition) is 0. The molecule has 0 saturated heterocycles. The number of benzene rings is 11. The van der Waals surface area contributed by atoms with Gasteiger partial charge in [0.1, 0.15) is 0 Å². The molecule has 2 spiro atoms. The highest BCUT2D eigenvalue weighted by Crippen LogP contribution is 2.66. The maximum atomic E-state index is 2.56. The lowest BCUT2D eigenvalue weighted by Crippen LogP contribution is -2.33. The van der Waals surface area contributed by atoms with E-state index in [1.54, 1.807) is 0 Å². The van der Waals surface area contributed by atoms with E-state index in [1.807, 2.05) is 0 Å². The van der Waals surface area contributed by atoms with Crippen LogP contribution in [0.15, 0.2) is 255 Å². The molecule has 1 aromatic heterocycles. The highest BCUT2D eigenvalue weighted by Gasteiger charge is 2.53. The van der Waals surface area contributed by atoms with E-state index >= 15 is 0 Å². The zero-order valence-electron chi connectivity index (χ0n) is 38.1. The molecule has 2 heteroatoms. The lowest BCUT2D eigenvalue weighted by molar-refractivity contribution is 0.748. The van der Waals surface area contributed by atoms with Gasteiger partial charge < -0.3 is 9.47 Å². The van der Waals surface area contributed by atoms with Crippen LogP contribution in [-0.4, -0.2) is 4.57 Å². The molecule has 0 radical (unpaired) electrons. The van der Waals surface area contributed by atoms with Crippen molar-refractivity contribution in [1.29, 1.82) is 0 Å². The molecule has 2 heterocycles. The van der Waals surface area contributed by atoms with Crippen molar-refractivity contribution in [1.82, 2.24) is 4.57 Å². The van der Waals surface area contributed by atoms with Crippen molar-refractivity contribution < 1.29 is 0 Å². The molecular formula is C68H42N2. The molecule has 0 N–H and O–H groups in total. The summed E-state index contributed by atoms with van der Waals surface area (Å²) in [5, 5.41) is 2.56. The van der Waals surface area contributed by atoms with E-state index in [0.29, 0.717) is 0 Å². The standard InChI is InChI=1S/C68H42N2/c1-2-18-43(19-3-1)44-36-38-45(39-37-44)69(46-40-41-50-49-22-6-11-28-56(49)67(61(50)42-46)54-26-9-4-20-47(54)48-21-5-10-27-55(48)67)64-35-17-31-59-65(64)53-24-7-12-29-57(53)68(59)58-30-13-15-34-63(58)70-62-33-14-8-23-51(62)52-25-16-32-60(68)66(52)70/h1-42H. The molecule has 4 aliphatic rings. The van der Waals surface area contributed by atoms with Crippen molar-refractivity contribution in [3.8, 4) is 50.2 Å². The normalized spacial score (nSPS) is 15.6. The number of aromatic nitrogens is 1. The van der Waals surface area contributed by atoms with Crippen LogP contribution >= 0.6 is 0 Å². The minimum atomic E-state index is -0.577.